The van der Waals surface area contributed by atoms with Crippen LogP contribution in [0.4, 0.5) is 0 Å². The Bertz CT molecular complexity index is 1310. The Labute approximate surface area is 174 Å². The average Bonchev–Trinajstić information content (AvgIpc) is 3.17. The number of carbonyl (C=O) groups excluding carboxylic acids is 1. The van der Waals surface area contributed by atoms with Gasteiger partial charge < -0.3 is 9.84 Å². The lowest BCUT2D eigenvalue weighted by Gasteiger charge is -2.15. The monoisotopic (exact) mass is 420 g/mol. The quantitative estimate of drug-likeness (QED) is 0.517. The van der Waals surface area contributed by atoms with Crippen LogP contribution in [0.3, 0.4) is 0 Å². The molecule has 7 heteroatoms. The molecule has 0 spiro atoms. The average molecular weight is 420 g/mol. The van der Waals surface area contributed by atoms with Crippen molar-refractivity contribution in [3.63, 3.8) is 0 Å². The molecule has 4 rings (SSSR count). The molecule has 0 aliphatic carbocycles. The van der Waals surface area contributed by atoms with E-state index < -0.39 is 9.84 Å². The van der Waals surface area contributed by atoms with Gasteiger partial charge >= 0.3 is 0 Å². The van der Waals surface area contributed by atoms with Crippen LogP contribution in [0.25, 0.3) is 22.2 Å². The molecular formula is C23H20N2O4S. The minimum absolute atomic E-state index is 0.239. The van der Waals surface area contributed by atoms with Crippen molar-refractivity contribution in [1.82, 2.24) is 10.5 Å². The van der Waals surface area contributed by atoms with Crippen LogP contribution in [0.15, 0.2) is 82.2 Å². The molecule has 1 amide bonds. The number of fused-ring (bicyclic) bond motifs is 1. The molecule has 1 N–H and O–H groups in total. The van der Waals surface area contributed by atoms with Gasteiger partial charge in [0.05, 0.1) is 16.3 Å². The van der Waals surface area contributed by atoms with E-state index in [1.54, 1.807) is 42.5 Å². The highest BCUT2D eigenvalue weighted by Crippen LogP contribution is 2.29. The summed E-state index contributed by atoms with van der Waals surface area (Å²) in [6.07, 6.45) is 1.16. The predicted molar refractivity (Wildman–Crippen MR) is 115 cm³/mol. The molecule has 0 fully saturated rings. The first-order valence-electron chi connectivity index (χ1n) is 9.38. The van der Waals surface area contributed by atoms with Crippen molar-refractivity contribution >= 4 is 26.6 Å². The summed E-state index contributed by atoms with van der Waals surface area (Å²) in [5.41, 5.74) is 2.86. The zero-order valence-corrected chi connectivity index (χ0v) is 17.3. The number of hydrogen-bond acceptors (Lipinski definition) is 5. The number of rotatable bonds is 5. The maximum absolute atomic E-state index is 12.8. The van der Waals surface area contributed by atoms with Gasteiger partial charge in [0.2, 0.25) is 0 Å². The molecule has 4 aromatic rings. The van der Waals surface area contributed by atoms with E-state index in [-0.39, 0.29) is 16.8 Å². The smallest absolute Gasteiger partial charge is 0.251 e. The molecule has 30 heavy (non-hydrogen) atoms. The normalized spacial score (nSPS) is 12.6. The van der Waals surface area contributed by atoms with Crippen molar-refractivity contribution in [3.8, 4) is 11.3 Å². The highest BCUT2D eigenvalue weighted by atomic mass is 32.2. The number of nitrogens with one attached hydrogen (secondary N) is 1. The Morgan fingerprint density at radius 2 is 1.70 bits per heavy atom. The molecule has 0 aliphatic rings. The number of sulfone groups is 1. The van der Waals surface area contributed by atoms with E-state index in [1.165, 1.54) is 0 Å². The van der Waals surface area contributed by atoms with Gasteiger partial charge in [-0.2, -0.15) is 0 Å². The van der Waals surface area contributed by atoms with Crippen molar-refractivity contribution in [2.24, 2.45) is 0 Å². The van der Waals surface area contributed by atoms with Crippen LogP contribution in [0.1, 0.15) is 28.9 Å². The van der Waals surface area contributed by atoms with E-state index in [4.69, 9.17) is 4.52 Å². The summed E-state index contributed by atoms with van der Waals surface area (Å²) in [6, 6.07) is 21.0. The summed E-state index contributed by atoms with van der Waals surface area (Å²) in [4.78, 5) is 13.1. The third kappa shape index (κ3) is 3.97. The maximum atomic E-state index is 12.8. The van der Waals surface area contributed by atoms with Crippen LogP contribution >= 0.6 is 0 Å². The van der Waals surface area contributed by atoms with E-state index in [0.717, 1.165) is 22.8 Å². The van der Waals surface area contributed by atoms with E-state index in [2.05, 4.69) is 10.5 Å². The first kappa shape index (κ1) is 19.8. The summed E-state index contributed by atoms with van der Waals surface area (Å²) < 4.78 is 28.7. The Hall–Kier alpha value is -3.45. The van der Waals surface area contributed by atoms with Crippen LogP contribution < -0.4 is 5.32 Å². The van der Waals surface area contributed by atoms with Gasteiger partial charge in [-0.15, -0.1) is 0 Å². The summed E-state index contributed by atoms with van der Waals surface area (Å²) in [6.45, 7) is 1.85. The highest BCUT2D eigenvalue weighted by molar-refractivity contribution is 7.90. The minimum atomic E-state index is -3.26. The van der Waals surface area contributed by atoms with Gasteiger partial charge in [0.1, 0.15) is 5.52 Å². The van der Waals surface area contributed by atoms with Crippen molar-refractivity contribution in [1.29, 1.82) is 0 Å². The van der Waals surface area contributed by atoms with Gasteiger partial charge in [-0.1, -0.05) is 47.6 Å². The fourth-order valence-corrected chi connectivity index (χ4v) is 3.88. The van der Waals surface area contributed by atoms with Gasteiger partial charge in [-0.05, 0) is 42.8 Å². The fourth-order valence-electron chi connectivity index (χ4n) is 3.25. The van der Waals surface area contributed by atoms with Gasteiger partial charge in [-0.3, -0.25) is 4.79 Å². The summed E-state index contributed by atoms with van der Waals surface area (Å²) in [7, 11) is -3.26. The molecule has 3 aromatic carbocycles. The molecule has 0 bridgehead atoms. The van der Waals surface area contributed by atoms with Gasteiger partial charge in [-0.25, -0.2) is 8.42 Å². The lowest BCUT2D eigenvalue weighted by molar-refractivity contribution is 0.0940. The largest absolute Gasteiger partial charge is 0.355 e. The second-order valence-corrected chi connectivity index (χ2v) is 9.16. The van der Waals surface area contributed by atoms with Crippen LogP contribution in [0.2, 0.25) is 0 Å². The fraction of sp³-hybridized carbons (Fsp3) is 0.130. The highest BCUT2D eigenvalue weighted by Gasteiger charge is 2.16. The van der Waals surface area contributed by atoms with E-state index in [1.807, 2.05) is 37.3 Å². The zero-order chi connectivity index (χ0) is 21.3. The van der Waals surface area contributed by atoms with E-state index in [0.29, 0.717) is 16.8 Å². The molecule has 0 saturated carbocycles. The number of amides is 1. The molecule has 0 saturated heterocycles. The van der Waals surface area contributed by atoms with Gasteiger partial charge in [0, 0.05) is 17.4 Å². The molecule has 1 atom stereocenters. The Morgan fingerprint density at radius 3 is 2.37 bits per heavy atom. The number of hydrogen-bond donors (Lipinski definition) is 1. The summed E-state index contributed by atoms with van der Waals surface area (Å²) in [5.74, 6) is 0.376. The molecule has 1 heterocycles. The number of aromatic nitrogens is 1. The van der Waals surface area contributed by atoms with Crippen molar-refractivity contribution in [2.75, 3.05) is 6.26 Å². The summed E-state index contributed by atoms with van der Waals surface area (Å²) >= 11 is 0. The van der Waals surface area contributed by atoms with Crippen molar-refractivity contribution in [2.45, 2.75) is 17.9 Å². The van der Waals surface area contributed by atoms with Crippen molar-refractivity contribution in [3.05, 3.63) is 83.9 Å². The molecule has 0 aliphatic heterocycles. The third-order valence-electron chi connectivity index (χ3n) is 4.93. The van der Waals surface area contributed by atoms with E-state index in [9.17, 15) is 13.2 Å². The lowest BCUT2D eigenvalue weighted by Crippen LogP contribution is -2.26. The topological polar surface area (TPSA) is 89.3 Å². The number of carbonyl (C=O) groups is 1. The molecular weight excluding hydrogens is 400 g/mol. The van der Waals surface area contributed by atoms with Crippen LogP contribution in [0.5, 0.6) is 0 Å². The molecule has 152 valence electrons. The maximum Gasteiger partial charge on any atom is 0.251 e. The second-order valence-electron chi connectivity index (χ2n) is 7.15. The SMILES string of the molecule is C[C@H](NC(=O)c1ccc2noc(-c3ccccc3)c2c1)c1ccc(S(C)(=O)=O)cc1. The van der Waals surface area contributed by atoms with Crippen molar-refractivity contribution < 1.29 is 17.7 Å². The first-order valence-corrected chi connectivity index (χ1v) is 11.3. The van der Waals surface area contributed by atoms with Crippen LogP contribution in [0, 0.1) is 0 Å². The third-order valence-corrected chi connectivity index (χ3v) is 6.06. The zero-order valence-electron chi connectivity index (χ0n) is 16.5. The number of nitrogens with zero attached hydrogens (tertiary/aromatic N) is 1. The number of benzene rings is 3. The Balaban J connectivity index is 1.57. The molecule has 6 nitrogen and oxygen atoms in total. The van der Waals surface area contributed by atoms with Crippen LogP contribution in [-0.2, 0) is 9.84 Å². The predicted octanol–water partition coefficient (Wildman–Crippen LogP) is 4.39. The molecule has 1 aromatic heterocycles. The Kier molecular flexibility index (Phi) is 5.13. The lowest BCUT2D eigenvalue weighted by atomic mass is 10.0. The van der Waals surface area contributed by atoms with Gasteiger partial charge in [0.15, 0.2) is 15.6 Å². The first-order chi connectivity index (χ1) is 14.3. The molecule has 0 radical (unpaired) electrons. The Morgan fingerprint density at radius 1 is 1.00 bits per heavy atom. The van der Waals surface area contributed by atoms with Gasteiger partial charge in [0.25, 0.3) is 5.91 Å². The minimum Gasteiger partial charge on any atom is -0.355 e. The molecule has 0 unspecified atom stereocenters. The van der Waals surface area contributed by atoms with E-state index >= 15 is 0 Å². The summed E-state index contributed by atoms with van der Waals surface area (Å²) in [5, 5.41) is 7.79. The van der Waals surface area contributed by atoms with Crippen LogP contribution in [-0.4, -0.2) is 25.7 Å². The second kappa shape index (κ2) is 7.76. The standard InChI is InChI=1S/C23H20N2O4S/c1-15(16-8-11-19(12-9-16)30(2,27)28)24-23(26)18-10-13-21-20(14-18)22(29-25-21)17-6-4-3-5-7-17/h3-15H,1-2H3,(H,24,26)/t15-/m0/s1.